The first-order chi connectivity index (χ1) is 13.0. The minimum absolute atomic E-state index is 0.103. The average molecular weight is 394 g/mol. The molecule has 0 unspecified atom stereocenters. The van der Waals surface area contributed by atoms with Crippen molar-refractivity contribution in [2.24, 2.45) is 0 Å². The number of ether oxygens (including phenoxy) is 3. The van der Waals surface area contributed by atoms with Crippen LogP contribution in [0.4, 0.5) is 0 Å². The zero-order valence-corrected chi connectivity index (χ0v) is 16.4. The number of nitrogens with zero attached hydrogens (tertiary/aromatic N) is 1. The molecule has 1 amide bonds. The molecular weight excluding hydrogens is 368 g/mol. The van der Waals surface area contributed by atoms with Crippen molar-refractivity contribution in [1.82, 2.24) is 21.1 Å². The first kappa shape index (κ1) is 19.7. The summed E-state index contributed by atoms with van der Waals surface area (Å²) in [5.41, 5.74) is 6.36. The minimum atomic E-state index is -0.103. The summed E-state index contributed by atoms with van der Waals surface area (Å²) in [5.74, 6) is 1.37. The summed E-state index contributed by atoms with van der Waals surface area (Å²) >= 11 is 5.19. The molecule has 3 N–H and O–H groups in total. The Kier molecular flexibility index (Phi) is 6.70. The summed E-state index contributed by atoms with van der Waals surface area (Å²) in [6.45, 7) is 7.26. The maximum atomic E-state index is 12.0. The molecule has 2 heterocycles. The largest absolute Gasteiger partial charge is 0.454 e. The Hall–Kier alpha value is -2.10. The molecule has 148 valence electrons. The van der Waals surface area contributed by atoms with Gasteiger partial charge in [-0.15, -0.1) is 0 Å². The normalized spacial score (nSPS) is 21.6. The van der Waals surface area contributed by atoms with Gasteiger partial charge in [0.2, 0.25) is 12.7 Å². The lowest BCUT2D eigenvalue weighted by molar-refractivity contribution is -0.123. The van der Waals surface area contributed by atoms with E-state index in [1.807, 2.05) is 18.2 Å². The fraction of sp³-hybridized carbons (Fsp3) is 0.556. The molecule has 8 nitrogen and oxygen atoms in total. The van der Waals surface area contributed by atoms with Crippen LogP contribution in [0.1, 0.15) is 25.8 Å². The highest BCUT2D eigenvalue weighted by Crippen LogP contribution is 2.32. The summed E-state index contributed by atoms with van der Waals surface area (Å²) < 4.78 is 16.3. The second-order valence-electron chi connectivity index (χ2n) is 6.81. The molecule has 2 aliphatic rings. The third-order valence-corrected chi connectivity index (χ3v) is 4.60. The lowest BCUT2D eigenvalue weighted by Crippen LogP contribution is -2.49. The number of amides is 1. The molecule has 1 fully saturated rings. The number of carbonyl (C=O) groups excluding carboxylic acids is 1. The maximum Gasteiger partial charge on any atom is 0.239 e. The molecule has 0 aromatic heterocycles. The number of hydrazine groups is 1. The molecule has 2 aliphatic heterocycles. The molecule has 0 saturated carbocycles. The molecule has 3 rings (SSSR count). The van der Waals surface area contributed by atoms with Crippen LogP contribution in [0.25, 0.3) is 0 Å². The molecule has 0 radical (unpaired) electrons. The van der Waals surface area contributed by atoms with Crippen LogP contribution in [0.15, 0.2) is 18.2 Å². The van der Waals surface area contributed by atoms with Crippen molar-refractivity contribution in [3.05, 3.63) is 23.8 Å². The number of thiocarbonyl (C=S) groups is 1. The predicted molar refractivity (Wildman–Crippen MR) is 104 cm³/mol. The quantitative estimate of drug-likeness (QED) is 0.502. The number of fused-ring (bicyclic) bond motifs is 1. The van der Waals surface area contributed by atoms with Crippen molar-refractivity contribution in [1.29, 1.82) is 0 Å². The lowest BCUT2D eigenvalue weighted by atomic mass is 10.2. The smallest absolute Gasteiger partial charge is 0.239 e. The van der Waals surface area contributed by atoms with Crippen molar-refractivity contribution in [2.45, 2.75) is 39.0 Å². The van der Waals surface area contributed by atoms with E-state index in [2.05, 4.69) is 34.9 Å². The lowest BCUT2D eigenvalue weighted by Gasteiger charge is -2.35. The van der Waals surface area contributed by atoms with Crippen LogP contribution < -0.4 is 25.6 Å². The van der Waals surface area contributed by atoms with Gasteiger partial charge in [-0.05, 0) is 43.8 Å². The van der Waals surface area contributed by atoms with E-state index in [4.69, 9.17) is 26.4 Å². The first-order valence-corrected chi connectivity index (χ1v) is 9.49. The SMILES string of the molecule is C[C@H]1CN(CCC(=O)NNC(=S)NCc2ccc3c(c2)OCO3)C[C@H](C)O1. The number of morpholine rings is 1. The molecule has 1 saturated heterocycles. The van der Waals surface area contributed by atoms with Crippen molar-refractivity contribution in [3.8, 4) is 11.5 Å². The highest BCUT2D eigenvalue weighted by Gasteiger charge is 2.22. The van der Waals surface area contributed by atoms with E-state index in [1.165, 1.54) is 0 Å². The van der Waals surface area contributed by atoms with Gasteiger partial charge >= 0.3 is 0 Å². The van der Waals surface area contributed by atoms with Gasteiger partial charge < -0.3 is 19.5 Å². The Balaban J connectivity index is 1.32. The van der Waals surface area contributed by atoms with Crippen LogP contribution in [0.2, 0.25) is 0 Å². The van der Waals surface area contributed by atoms with Crippen LogP contribution in [-0.4, -0.2) is 54.6 Å². The van der Waals surface area contributed by atoms with E-state index >= 15 is 0 Å². The Morgan fingerprint density at radius 1 is 1.19 bits per heavy atom. The molecule has 0 aliphatic carbocycles. The number of carbonyl (C=O) groups is 1. The van der Waals surface area contributed by atoms with Crippen molar-refractivity contribution >= 4 is 23.2 Å². The Labute approximate surface area is 164 Å². The van der Waals surface area contributed by atoms with Crippen LogP contribution in [0, 0.1) is 0 Å². The van der Waals surface area contributed by atoms with E-state index in [0.717, 1.165) is 30.2 Å². The zero-order valence-electron chi connectivity index (χ0n) is 15.6. The number of benzene rings is 1. The van der Waals surface area contributed by atoms with E-state index in [9.17, 15) is 4.79 Å². The molecule has 1 aromatic carbocycles. The van der Waals surface area contributed by atoms with Gasteiger partial charge in [-0.3, -0.25) is 20.5 Å². The average Bonchev–Trinajstić information content (AvgIpc) is 3.10. The topological polar surface area (TPSA) is 84.1 Å². The molecule has 1 aromatic rings. The second-order valence-corrected chi connectivity index (χ2v) is 7.22. The minimum Gasteiger partial charge on any atom is -0.454 e. The molecule has 0 bridgehead atoms. The van der Waals surface area contributed by atoms with E-state index in [1.54, 1.807) is 0 Å². The Morgan fingerprint density at radius 3 is 2.70 bits per heavy atom. The predicted octanol–water partition coefficient (Wildman–Crippen LogP) is 0.910. The number of hydrogen-bond acceptors (Lipinski definition) is 6. The van der Waals surface area contributed by atoms with Gasteiger partial charge in [0.05, 0.1) is 12.2 Å². The van der Waals surface area contributed by atoms with E-state index in [-0.39, 0.29) is 24.9 Å². The van der Waals surface area contributed by atoms with Crippen molar-refractivity contribution in [2.75, 3.05) is 26.4 Å². The maximum absolute atomic E-state index is 12.0. The highest BCUT2D eigenvalue weighted by atomic mass is 32.1. The number of nitrogens with one attached hydrogen (secondary N) is 3. The molecule has 0 spiro atoms. The van der Waals surface area contributed by atoms with Gasteiger partial charge in [-0.1, -0.05) is 6.07 Å². The van der Waals surface area contributed by atoms with Crippen LogP contribution in [0.5, 0.6) is 11.5 Å². The molecule has 27 heavy (non-hydrogen) atoms. The van der Waals surface area contributed by atoms with Crippen LogP contribution in [0.3, 0.4) is 0 Å². The molecule has 2 atom stereocenters. The van der Waals surface area contributed by atoms with Gasteiger partial charge in [0.25, 0.3) is 0 Å². The molecule has 9 heteroatoms. The monoisotopic (exact) mass is 394 g/mol. The first-order valence-electron chi connectivity index (χ1n) is 9.08. The third kappa shape index (κ3) is 5.95. The summed E-state index contributed by atoms with van der Waals surface area (Å²) in [5, 5.41) is 3.40. The Bertz CT molecular complexity index is 677. The third-order valence-electron chi connectivity index (χ3n) is 4.36. The fourth-order valence-electron chi connectivity index (χ4n) is 3.19. The molecular formula is C18H26N4O4S. The van der Waals surface area contributed by atoms with Gasteiger partial charge in [0, 0.05) is 32.6 Å². The zero-order chi connectivity index (χ0) is 19.2. The van der Waals surface area contributed by atoms with E-state index < -0.39 is 0 Å². The Morgan fingerprint density at radius 2 is 1.93 bits per heavy atom. The van der Waals surface area contributed by atoms with Gasteiger partial charge in [-0.25, -0.2) is 0 Å². The summed E-state index contributed by atoms with van der Waals surface area (Å²) in [6.07, 6.45) is 0.794. The number of rotatable bonds is 5. The van der Waals surface area contributed by atoms with Crippen LogP contribution >= 0.6 is 12.2 Å². The summed E-state index contributed by atoms with van der Waals surface area (Å²) in [6, 6.07) is 5.71. The number of hydrogen-bond donors (Lipinski definition) is 3. The van der Waals surface area contributed by atoms with Gasteiger partial charge in [-0.2, -0.15) is 0 Å². The van der Waals surface area contributed by atoms with Gasteiger partial charge in [0.15, 0.2) is 16.6 Å². The highest BCUT2D eigenvalue weighted by molar-refractivity contribution is 7.80. The summed E-state index contributed by atoms with van der Waals surface area (Å²) in [7, 11) is 0. The second kappa shape index (κ2) is 9.20. The van der Waals surface area contributed by atoms with Crippen molar-refractivity contribution < 1.29 is 19.0 Å². The fourth-order valence-corrected chi connectivity index (χ4v) is 3.32. The standard InChI is InChI=1S/C18H26N4O4S/c1-12-9-22(10-13(2)26-12)6-5-17(23)20-21-18(27)19-8-14-3-4-15-16(7-14)25-11-24-15/h3-4,7,12-13H,5-6,8-11H2,1-2H3,(H,20,23)(H2,19,21,27)/t12-,13-/m0/s1. The van der Waals surface area contributed by atoms with E-state index in [0.29, 0.717) is 24.6 Å². The van der Waals surface area contributed by atoms with Crippen LogP contribution in [-0.2, 0) is 16.1 Å². The summed E-state index contributed by atoms with van der Waals surface area (Å²) in [4.78, 5) is 14.3. The van der Waals surface area contributed by atoms with Gasteiger partial charge in [0.1, 0.15) is 0 Å². The van der Waals surface area contributed by atoms with Crippen molar-refractivity contribution in [3.63, 3.8) is 0 Å².